The second kappa shape index (κ2) is 7.03. The number of piperidine rings is 1. The lowest BCUT2D eigenvalue weighted by molar-refractivity contribution is -0.132. The SMILES string of the molecule is CN(C)c1nc2ccccc2n(CCC(=O)N2CCCCC2)c1=O. The molecule has 0 saturated carbocycles. The van der Waals surface area contributed by atoms with Gasteiger partial charge in [0.1, 0.15) is 0 Å². The summed E-state index contributed by atoms with van der Waals surface area (Å²) in [6.45, 7) is 2.07. The van der Waals surface area contributed by atoms with Crippen LogP contribution in [0.15, 0.2) is 29.1 Å². The summed E-state index contributed by atoms with van der Waals surface area (Å²) in [4.78, 5) is 33.3. The molecule has 6 nitrogen and oxygen atoms in total. The summed E-state index contributed by atoms with van der Waals surface area (Å²) in [6.07, 6.45) is 3.70. The van der Waals surface area contributed by atoms with E-state index in [4.69, 9.17) is 0 Å². The van der Waals surface area contributed by atoms with E-state index in [0.717, 1.165) is 37.0 Å². The molecule has 1 aliphatic rings. The number of amides is 1. The topological polar surface area (TPSA) is 58.4 Å². The van der Waals surface area contributed by atoms with Gasteiger partial charge in [0.05, 0.1) is 11.0 Å². The van der Waals surface area contributed by atoms with E-state index in [1.165, 1.54) is 6.42 Å². The van der Waals surface area contributed by atoms with E-state index in [1.807, 2.05) is 43.3 Å². The molecule has 0 unspecified atom stereocenters. The number of anilines is 1. The van der Waals surface area contributed by atoms with Crippen molar-refractivity contribution < 1.29 is 4.79 Å². The molecule has 0 aliphatic carbocycles. The third kappa shape index (κ3) is 3.27. The molecule has 0 N–H and O–H groups in total. The minimum absolute atomic E-state index is 0.133. The molecule has 6 heteroatoms. The third-order valence-electron chi connectivity index (χ3n) is 4.52. The van der Waals surface area contributed by atoms with Crippen molar-refractivity contribution in [2.24, 2.45) is 0 Å². The minimum Gasteiger partial charge on any atom is -0.358 e. The van der Waals surface area contributed by atoms with Gasteiger partial charge in [0, 0.05) is 40.2 Å². The lowest BCUT2D eigenvalue weighted by Gasteiger charge is -2.27. The van der Waals surface area contributed by atoms with Crippen LogP contribution in [0.3, 0.4) is 0 Å². The van der Waals surface area contributed by atoms with Crippen LogP contribution in [0, 0.1) is 0 Å². The third-order valence-corrected chi connectivity index (χ3v) is 4.52. The number of aromatic nitrogens is 2. The molecule has 2 heterocycles. The van der Waals surface area contributed by atoms with Gasteiger partial charge in [-0.2, -0.15) is 0 Å². The molecule has 24 heavy (non-hydrogen) atoms. The number of hydrogen-bond donors (Lipinski definition) is 0. The molecular formula is C18H24N4O2. The normalized spacial score (nSPS) is 14.8. The summed E-state index contributed by atoms with van der Waals surface area (Å²) in [5.41, 5.74) is 1.40. The van der Waals surface area contributed by atoms with E-state index in [0.29, 0.717) is 18.8 Å². The number of rotatable bonds is 4. The standard InChI is InChI=1S/C18H24N4O2/c1-20(2)17-18(24)22(15-9-5-4-8-14(15)19-17)13-10-16(23)21-11-6-3-7-12-21/h4-5,8-9H,3,6-7,10-13H2,1-2H3. The Morgan fingerprint density at radius 1 is 1.17 bits per heavy atom. The Bertz CT molecular complexity index is 791. The summed E-state index contributed by atoms with van der Waals surface area (Å²) >= 11 is 0. The fraction of sp³-hybridized carbons (Fsp3) is 0.500. The van der Waals surface area contributed by atoms with Crippen molar-refractivity contribution in [1.82, 2.24) is 14.5 Å². The summed E-state index contributed by atoms with van der Waals surface area (Å²) in [7, 11) is 3.61. The highest BCUT2D eigenvalue weighted by Gasteiger charge is 2.18. The highest BCUT2D eigenvalue weighted by Crippen LogP contribution is 2.15. The largest absolute Gasteiger partial charge is 0.358 e. The molecule has 0 radical (unpaired) electrons. The van der Waals surface area contributed by atoms with Gasteiger partial charge in [-0.3, -0.25) is 9.59 Å². The fourth-order valence-electron chi connectivity index (χ4n) is 3.20. The van der Waals surface area contributed by atoms with Gasteiger partial charge >= 0.3 is 0 Å². The van der Waals surface area contributed by atoms with Crippen LogP contribution in [-0.2, 0) is 11.3 Å². The number of carbonyl (C=O) groups excluding carboxylic acids is 1. The zero-order chi connectivity index (χ0) is 17.1. The first kappa shape index (κ1) is 16.5. The van der Waals surface area contributed by atoms with Gasteiger partial charge in [-0.05, 0) is 31.4 Å². The average Bonchev–Trinajstić information content (AvgIpc) is 2.60. The first-order valence-electron chi connectivity index (χ1n) is 8.52. The monoisotopic (exact) mass is 328 g/mol. The number of benzene rings is 1. The molecule has 1 aliphatic heterocycles. The molecule has 1 amide bonds. The number of nitrogens with zero attached hydrogens (tertiary/aromatic N) is 4. The van der Waals surface area contributed by atoms with Crippen molar-refractivity contribution in [2.45, 2.75) is 32.2 Å². The second-order valence-electron chi connectivity index (χ2n) is 6.47. The van der Waals surface area contributed by atoms with Crippen molar-refractivity contribution in [2.75, 3.05) is 32.1 Å². The lowest BCUT2D eigenvalue weighted by atomic mass is 10.1. The Hall–Kier alpha value is -2.37. The Labute approximate surface area is 141 Å². The molecule has 2 aromatic rings. The Morgan fingerprint density at radius 3 is 2.58 bits per heavy atom. The number of hydrogen-bond acceptors (Lipinski definition) is 4. The van der Waals surface area contributed by atoms with Gasteiger partial charge in [-0.25, -0.2) is 4.98 Å². The molecule has 0 bridgehead atoms. The van der Waals surface area contributed by atoms with Gasteiger partial charge in [-0.15, -0.1) is 0 Å². The van der Waals surface area contributed by atoms with Crippen LogP contribution >= 0.6 is 0 Å². The zero-order valence-corrected chi connectivity index (χ0v) is 14.4. The van der Waals surface area contributed by atoms with E-state index in [-0.39, 0.29) is 11.5 Å². The van der Waals surface area contributed by atoms with Gasteiger partial charge < -0.3 is 14.4 Å². The van der Waals surface area contributed by atoms with Crippen LogP contribution < -0.4 is 10.5 Å². The summed E-state index contributed by atoms with van der Waals surface area (Å²) in [6, 6.07) is 7.57. The zero-order valence-electron chi connectivity index (χ0n) is 14.4. The predicted molar refractivity (Wildman–Crippen MR) is 95.4 cm³/mol. The predicted octanol–water partition coefficient (Wildman–Crippen LogP) is 1.87. The van der Waals surface area contributed by atoms with E-state index in [9.17, 15) is 9.59 Å². The molecular weight excluding hydrogens is 304 g/mol. The minimum atomic E-state index is -0.148. The van der Waals surface area contributed by atoms with Crippen molar-refractivity contribution in [3.8, 4) is 0 Å². The number of fused-ring (bicyclic) bond motifs is 1. The summed E-state index contributed by atoms with van der Waals surface area (Å²) in [5, 5.41) is 0. The van der Waals surface area contributed by atoms with Crippen LogP contribution in [0.4, 0.5) is 5.82 Å². The summed E-state index contributed by atoms with van der Waals surface area (Å²) in [5.74, 6) is 0.535. The van der Waals surface area contributed by atoms with E-state index >= 15 is 0 Å². The van der Waals surface area contributed by atoms with E-state index in [2.05, 4.69) is 4.98 Å². The molecule has 1 aromatic carbocycles. The van der Waals surface area contributed by atoms with Crippen molar-refractivity contribution >= 4 is 22.8 Å². The molecule has 1 aromatic heterocycles. The number of likely N-dealkylation sites (tertiary alicyclic amines) is 1. The van der Waals surface area contributed by atoms with Gasteiger partial charge in [0.15, 0.2) is 5.82 Å². The Balaban J connectivity index is 1.89. The van der Waals surface area contributed by atoms with E-state index < -0.39 is 0 Å². The Morgan fingerprint density at radius 2 is 1.88 bits per heavy atom. The maximum absolute atomic E-state index is 12.7. The molecule has 1 saturated heterocycles. The van der Waals surface area contributed by atoms with Gasteiger partial charge in [0.25, 0.3) is 5.56 Å². The number of carbonyl (C=O) groups is 1. The molecule has 0 spiro atoms. The maximum Gasteiger partial charge on any atom is 0.293 e. The Kier molecular flexibility index (Phi) is 4.83. The average molecular weight is 328 g/mol. The van der Waals surface area contributed by atoms with Gasteiger partial charge in [0.2, 0.25) is 5.91 Å². The van der Waals surface area contributed by atoms with E-state index in [1.54, 1.807) is 9.47 Å². The maximum atomic E-state index is 12.7. The number of para-hydroxylation sites is 2. The van der Waals surface area contributed by atoms with Gasteiger partial charge in [-0.1, -0.05) is 12.1 Å². The summed E-state index contributed by atoms with van der Waals surface area (Å²) < 4.78 is 1.68. The lowest BCUT2D eigenvalue weighted by Crippen LogP contribution is -2.37. The van der Waals surface area contributed by atoms with Crippen molar-refractivity contribution in [1.29, 1.82) is 0 Å². The van der Waals surface area contributed by atoms with Crippen LogP contribution in [0.1, 0.15) is 25.7 Å². The smallest absolute Gasteiger partial charge is 0.293 e. The first-order chi connectivity index (χ1) is 11.6. The van der Waals surface area contributed by atoms with Crippen molar-refractivity contribution in [3.63, 3.8) is 0 Å². The highest BCUT2D eigenvalue weighted by atomic mass is 16.2. The molecule has 128 valence electrons. The van der Waals surface area contributed by atoms with Crippen LogP contribution in [0.25, 0.3) is 11.0 Å². The van der Waals surface area contributed by atoms with Crippen LogP contribution in [0.2, 0.25) is 0 Å². The van der Waals surface area contributed by atoms with Crippen LogP contribution in [0.5, 0.6) is 0 Å². The van der Waals surface area contributed by atoms with Crippen LogP contribution in [-0.4, -0.2) is 47.5 Å². The molecule has 1 fully saturated rings. The molecule has 0 atom stereocenters. The van der Waals surface area contributed by atoms with Crippen molar-refractivity contribution in [3.05, 3.63) is 34.6 Å². The quantitative estimate of drug-likeness (QED) is 0.860. The first-order valence-corrected chi connectivity index (χ1v) is 8.52. The molecule has 3 rings (SSSR count). The second-order valence-corrected chi connectivity index (χ2v) is 6.47. The number of aryl methyl sites for hydroxylation is 1. The fourth-order valence-corrected chi connectivity index (χ4v) is 3.20. The highest BCUT2D eigenvalue weighted by molar-refractivity contribution is 5.78.